The van der Waals surface area contributed by atoms with Crippen molar-refractivity contribution in [1.82, 2.24) is 5.32 Å². The Kier molecular flexibility index (Phi) is 14.4. The molecule has 0 aliphatic rings. The largest absolute Gasteiger partial charge is 0.387 e. The summed E-state index contributed by atoms with van der Waals surface area (Å²) in [6.45, 7) is 8.82. The third-order valence-electron chi connectivity index (χ3n) is 4.81. The Balaban J connectivity index is 4.24. The van der Waals surface area contributed by atoms with Crippen LogP contribution in [0.4, 0.5) is 0 Å². The number of aliphatic hydroxyl groups excluding tert-OH is 4. The maximum absolute atomic E-state index is 12.0. The lowest BCUT2D eigenvalue weighted by atomic mass is 9.96. The molecule has 28 heavy (non-hydrogen) atoms. The van der Waals surface area contributed by atoms with Crippen LogP contribution in [0.2, 0.25) is 0 Å². The number of aliphatic hydroxyl groups is 4. The number of unbranched alkanes of at least 4 members (excludes halogenated alkanes) is 3. The molecule has 7 nitrogen and oxygen atoms in total. The molecule has 7 heteroatoms. The Hall–Kier alpha value is -1.02. The van der Waals surface area contributed by atoms with E-state index in [-0.39, 0.29) is 6.42 Å². The van der Waals surface area contributed by atoms with E-state index in [4.69, 9.17) is 0 Å². The number of ketones is 1. The molecule has 4 atom stereocenters. The summed E-state index contributed by atoms with van der Waals surface area (Å²) in [5.41, 5.74) is 0. The lowest BCUT2D eigenvalue weighted by Crippen LogP contribution is -2.52. The third-order valence-corrected chi connectivity index (χ3v) is 4.81. The molecule has 0 aromatic heterocycles. The van der Waals surface area contributed by atoms with Crippen LogP contribution in [0.1, 0.15) is 79.1 Å². The molecule has 0 bridgehead atoms. The van der Waals surface area contributed by atoms with Gasteiger partial charge < -0.3 is 25.7 Å². The molecule has 0 aromatic carbocycles. The van der Waals surface area contributed by atoms with Gasteiger partial charge in [-0.05, 0) is 24.7 Å². The second-order valence-electron chi connectivity index (χ2n) is 8.51. The normalized spacial score (nSPS) is 16.1. The molecule has 0 fully saturated rings. The lowest BCUT2D eigenvalue weighted by molar-refractivity contribution is -0.154. The highest BCUT2D eigenvalue weighted by Crippen LogP contribution is 2.13. The van der Waals surface area contributed by atoms with Gasteiger partial charge in [0.1, 0.15) is 18.3 Å². The molecule has 4 unspecified atom stereocenters. The van der Waals surface area contributed by atoms with E-state index in [1.165, 1.54) is 0 Å². The van der Waals surface area contributed by atoms with E-state index < -0.39 is 36.1 Å². The van der Waals surface area contributed by atoms with Crippen molar-refractivity contribution in [1.29, 1.82) is 0 Å². The highest BCUT2D eigenvalue weighted by molar-refractivity contribution is 5.84. The van der Waals surface area contributed by atoms with Crippen LogP contribution in [-0.2, 0) is 9.59 Å². The second-order valence-corrected chi connectivity index (χ2v) is 8.51. The summed E-state index contributed by atoms with van der Waals surface area (Å²) >= 11 is 0. The number of amides is 1. The summed E-state index contributed by atoms with van der Waals surface area (Å²) in [6.07, 6.45) is -1.30. The first-order valence-electron chi connectivity index (χ1n) is 10.6. The van der Waals surface area contributed by atoms with Crippen molar-refractivity contribution in [2.45, 2.75) is 103 Å². The topological polar surface area (TPSA) is 127 Å². The van der Waals surface area contributed by atoms with E-state index in [1.807, 2.05) is 0 Å². The van der Waals surface area contributed by atoms with Gasteiger partial charge in [0, 0.05) is 13.0 Å². The van der Waals surface area contributed by atoms with E-state index >= 15 is 0 Å². The molecular weight excluding hydrogens is 362 g/mol. The van der Waals surface area contributed by atoms with Crippen LogP contribution in [-0.4, -0.2) is 63.1 Å². The molecule has 0 heterocycles. The first-order valence-corrected chi connectivity index (χ1v) is 10.6. The molecule has 0 saturated carbocycles. The number of rotatable bonds is 16. The average molecular weight is 404 g/mol. The predicted molar refractivity (Wildman–Crippen MR) is 109 cm³/mol. The maximum Gasteiger partial charge on any atom is 0.251 e. The van der Waals surface area contributed by atoms with Gasteiger partial charge in [0.2, 0.25) is 0 Å². The Labute approximate surface area is 169 Å². The van der Waals surface area contributed by atoms with E-state index in [1.54, 1.807) is 0 Å². The molecule has 0 aromatic rings. The van der Waals surface area contributed by atoms with Crippen molar-refractivity contribution in [3.63, 3.8) is 0 Å². The van der Waals surface area contributed by atoms with Crippen molar-refractivity contribution >= 4 is 11.7 Å². The van der Waals surface area contributed by atoms with Gasteiger partial charge >= 0.3 is 0 Å². The van der Waals surface area contributed by atoms with Gasteiger partial charge in [0.15, 0.2) is 11.9 Å². The third kappa shape index (κ3) is 11.7. The Morgan fingerprint density at radius 3 is 1.75 bits per heavy atom. The zero-order valence-electron chi connectivity index (χ0n) is 17.9. The molecule has 166 valence electrons. The SMILES string of the molecule is CC(C)CCCCCC(=O)C(O)C(O)C(O)C(O)C(=O)NCCCCC(C)C. The maximum atomic E-state index is 12.0. The van der Waals surface area contributed by atoms with E-state index in [9.17, 15) is 30.0 Å². The zero-order chi connectivity index (χ0) is 21.7. The molecule has 1 amide bonds. The molecular formula is C21H41NO6. The van der Waals surface area contributed by atoms with Crippen LogP contribution in [0.5, 0.6) is 0 Å². The summed E-state index contributed by atoms with van der Waals surface area (Å²) in [4.78, 5) is 23.9. The molecule has 5 N–H and O–H groups in total. The van der Waals surface area contributed by atoms with E-state index in [0.29, 0.717) is 24.8 Å². The van der Waals surface area contributed by atoms with Crippen LogP contribution in [0.3, 0.4) is 0 Å². The minimum Gasteiger partial charge on any atom is -0.387 e. The lowest BCUT2D eigenvalue weighted by Gasteiger charge is -2.25. The number of Topliss-reactive ketones (excluding diaryl/α,β-unsaturated/α-hetero) is 1. The summed E-state index contributed by atoms with van der Waals surface area (Å²) in [5, 5.41) is 42.2. The van der Waals surface area contributed by atoms with Gasteiger partial charge in [-0.1, -0.05) is 59.8 Å². The number of carbonyl (C=O) groups excluding carboxylic acids is 2. The summed E-state index contributed by atoms with van der Waals surface area (Å²) in [6, 6.07) is 0. The van der Waals surface area contributed by atoms with Gasteiger partial charge in [-0.15, -0.1) is 0 Å². The van der Waals surface area contributed by atoms with Gasteiger partial charge in [-0.3, -0.25) is 9.59 Å². The number of hydrogen-bond donors (Lipinski definition) is 5. The van der Waals surface area contributed by atoms with Crippen LogP contribution in [0.15, 0.2) is 0 Å². The van der Waals surface area contributed by atoms with Crippen molar-refractivity contribution in [3.05, 3.63) is 0 Å². The summed E-state index contributed by atoms with van der Waals surface area (Å²) in [5.74, 6) is -0.254. The van der Waals surface area contributed by atoms with E-state index in [2.05, 4.69) is 33.0 Å². The van der Waals surface area contributed by atoms with Crippen molar-refractivity contribution in [3.8, 4) is 0 Å². The second kappa shape index (κ2) is 14.9. The Morgan fingerprint density at radius 2 is 1.21 bits per heavy atom. The fourth-order valence-electron chi connectivity index (χ4n) is 2.89. The smallest absolute Gasteiger partial charge is 0.251 e. The van der Waals surface area contributed by atoms with Crippen LogP contribution < -0.4 is 5.32 Å². The fourth-order valence-corrected chi connectivity index (χ4v) is 2.89. The standard InChI is InChI=1S/C21H41NO6/c1-14(2)10-6-5-7-12-16(23)17(24)18(25)19(26)20(27)21(28)22-13-9-8-11-15(3)4/h14-15,17-20,24-27H,5-13H2,1-4H3,(H,22,28). The zero-order valence-corrected chi connectivity index (χ0v) is 17.9. The quantitative estimate of drug-likeness (QED) is 0.249. The first kappa shape index (κ1) is 27.0. The van der Waals surface area contributed by atoms with Gasteiger partial charge in [-0.25, -0.2) is 0 Å². The molecule has 0 spiro atoms. The molecule has 0 saturated heterocycles. The highest BCUT2D eigenvalue weighted by Gasteiger charge is 2.36. The minimum atomic E-state index is -1.93. The monoisotopic (exact) mass is 403 g/mol. The minimum absolute atomic E-state index is 0.0845. The first-order chi connectivity index (χ1) is 13.1. The molecule has 0 aliphatic heterocycles. The van der Waals surface area contributed by atoms with Crippen molar-refractivity contribution in [2.24, 2.45) is 11.8 Å². The Morgan fingerprint density at radius 1 is 0.714 bits per heavy atom. The van der Waals surface area contributed by atoms with Crippen LogP contribution in [0, 0.1) is 11.8 Å². The molecule has 0 aliphatic carbocycles. The molecule has 0 rings (SSSR count). The van der Waals surface area contributed by atoms with Crippen LogP contribution >= 0.6 is 0 Å². The van der Waals surface area contributed by atoms with Gasteiger partial charge in [0.25, 0.3) is 5.91 Å². The van der Waals surface area contributed by atoms with E-state index in [0.717, 1.165) is 38.5 Å². The summed E-state index contributed by atoms with van der Waals surface area (Å²) < 4.78 is 0. The van der Waals surface area contributed by atoms with Gasteiger partial charge in [0.05, 0.1) is 0 Å². The van der Waals surface area contributed by atoms with Crippen molar-refractivity contribution < 1.29 is 30.0 Å². The van der Waals surface area contributed by atoms with Crippen LogP contribution in [0.25, 0.3) is 0 Å². The number of carbonyl (C=O) groups is 2. The molecule has 0 radical (unpaired) electrons. The fraction of sp³-hybridized carbons (Fsp3) is 0.905. The number of hydrogen-bond acceptors (Lipinski definition) is 6. The van der Waals surface area contributed by atoms with Crippen molar-refractivity contribution in [2.75, 3.05) is 6.54 Å². The van der Waals surface area contributed by atoms with Gasteiger partial charge in [-0.2, -0.15) is 0 Å². The average Bonchev–Trinajstić information content (AvgIpc) is 2.64. The highest BCUT2D eigenvalue weighted by atomic mass is 16.4. The summed E-state index contributed by atoms with van der Waals surface area (Å²) in [7, 11) is 0. The predicted octanol–water partition coefficient (Wildman–Crippen LogP) is 1.55. The number of nitrogens with one attached hydrogen (secondary N) is 1. The Bertz CT molecular complexity index is 401.